The van der Waals surface area contributed by atoms with Crippen LogP contribution in [0.5, 0.6) is 0 Å². The highest BCUT2D eigenvalue weighted by Crippen LogP contribution is 2.32. The minimum atomic E-state index is -3.96. The van der Waals surface area contributed by atoms with E-state index < -0.39 is 10.0 Å². The monoisotopic (exact) mass is 394 g/mol. The Bertz CT molecular complexity index is 674. The SMILES string of the molecule is CN(CC1CCC1)C(=O)c1cc(Cl)c(Br)c(S(N)(=O)=O)c1. The van der Waals surface area contributed by atoms with Gasteiger partial charge in [-0.1, -0.05) is 18.0 Å². The summed E-state index contributed by atoms with van der Waals surface area (Å²) in [5.41, 5.74) is 0.217. The van der Waals surface area contributed by atoms with Gasteiger partial charge in [0.1, 0.15) is 0 Å². The second-order valence-corrected chi connectivity index (χ2v) is 8.03. The fourth-order valence-electron chi connectivity index (χ4n) is 2.26. The molecule has 1 amide bonds. The summed E-state index contributed by atoms with van der Waals surface area (Å²) in [6, 6.07) is 2.70. The molecule has 1 aliphatic carbocycles. The van der Waals surface area contributed by atoms with Crippen molar-refractivity contribution in [2.75, 3.05) is 13.6 Å². The maximum Gasteiger partial charge on any atom is 0.253 e. The Morgan fingerprint density at radius 1 is 1.48 bits per heavy atom. The van der Waals surface area contributed by atoms with Gasteiger partial charge in [0.25, 0.3) is 5.91 Å². The van der Waals surface area contributed by atoms with Crippen LogP contribution in [0.15, 0.2) is 21.5 Å². The summed E-state index contributed by atoms with van der Waals surface area (Å²) >= 11 is 9.06. The molecule has 0 heterocycles. The molecule has 5 nitrogen and oxygen atoms in total. The van der Waals surface area contributed by atoms with Crippen molar-refractivity contribution in [3.05, 3.63) is 27.2 Å². The third kappa shape index (κ3) is 3.77. The van der Waals surface area contributed by atoms with Crippen molar-refractivity contribution in [1.82, 2.24) is 4.90 Å². The van der Waals surface area contributed by atoms with Gasteiger partial charge >= 0.3 is 0 Å². The van der Waals surface area contributed by atoms with Gasteiger partial charge < -0.3 is 4.90 Å². The summed E-state index contributed by atoms with van der Waals surface area (Å²) in [7, 11) is -2.25. The topological polar surface area (TPSA) is 80.5 Å². The van der Waals surface area contributed by atoms with Crippen LogP contribution in [0.25, 0.3) is 0 Å². The second-order valence-electron chi connectivity index (χ2n) is 5.30. The third-order valence-corrected chi connectivity index (χ3v) is 6.23. The standard InChI is InChI=1S/C13H16BrClN2O3S/c1-17(7-8-3-2-4-8)13(18)9-5-10(15)12(14)11(6-9)21(16,19)20/h5-6,8H,2-4,7H2,1H3,(H2,16,19,20). The van der Waals surface area contributed by atoms with Gasteiger partial charge in [0.05, 0.1) is 14.4 Å². The second kappa shape index (κ2) is 6.24. The first-order valence-electron chi connectivity index (χ1n) is 6.47. The number of hydrogen-bond donors (Lipinski definition) is 1. The Morgan fingerprint density at radius 3 is 2.57 bits per heavy atom. The molecule has 1 fully saturated rings. The lowest BCUT2D eigenvalue weighted by molar-refractivity contribution is 0.0745. The number of nitrogens with zero attached hydrogens (tertiary/aromatic N) is 1. The number of halogens is 2. The van der Waals surface area contributed by atoms with Gasteiger partial charge in [-0.3, -0.25) is 4.79 Å². The lowest BCUT2D eigenvalue weighted by atomic mass is 9.85. The molecule has 2 N–H and O–H groups in total. The number of nitrogens with two attached hydrogens (primary N) is 1. The molecule has 1 aliphatic rings. The molecule has 0 spiro atoms. The molecule has 0 atom stereocenters. The molecule has 0 aromatic heterocycles. The van der Waals surface area contributed by atoms with Crippen LogP contribution in [-0.2, 0) is 10.0 Å². The summed E-state index contributed by atoms with van der Waals surface area (Å²) in [6.45, 7) is 0.664. The van der Waals surface area contributed by atoms with Crippen LogP contribution in [-0.4, -0.2) is 32.8 Å². The van der Waals surface area contributed by atoms with E-state index in [-0.39, 0.29) is 25.9 Å². The van der Waals surface area contributed by atoms with E-state index in [0.717, 1.165) is 12.8 Å². The van der Waals surface area contributed by atoms with Gasteiger partial charge in [-0.05, 0) is 46.8 Å². The number of carbonyl (C=O) groups is 1. The number of amides is 1. The van der Waals surface area contributed by atoms with Crippen molar-refractivity contribution < 1.29 is 13.2 Å². The number of sulfonamides is 1. The minimum Gasteiger partial charge on any atom is -0.341 e. The van der Waals surface area contributed by atoms with Crippen molar-refractivity contribution in [3.63, 3.8) is 0 Å². The average molecular weight is 396 g/mol. The van der Waals surface area contributed by atoms with E-state index in [1.54, 1.807) is 11.9 Å². The van der Waals surface area contributed by atoms with E-state index >= 15 is 0 Å². The van der Waals surface area contributed by atoms with Gasteiger partial charge in [-0.15, -0.1) is 0 Å². The summed E-state index contributed by atoms with van der Waals surface area (Å²) in [5.74, 6) is 0.267. The maximum absolute atomic E-state index is 12.4. The van der Waals surface area contributed by atoms with E-state index in [1.165, 1.54) is 18.6 Å². The van der Waals surface area contributed by atoms with Crippen molar-refractivity contribution in [2.45, 2.75) is 24.2 Å². The number of carbonyl (C=O) groups excluding carboxylic acids is 1. The predicted molar refractivity (Wildman–Crippen MR) is 84.8 cm³/mol. The molecule has 1 aromatic rings. The van der Waals surface area contributed by atoms with Crippen molar-refractivity contribution in [3.8, 4) is 0 Å². The van der Waals surface area contributed by atoms with Crippen LogP contribution < -0.4 is 5.14 Å². The lowest BCUT2D eigenvalue weighted by Gasteiger charge is -2.30. The molecule has 8 heteroatoms. The van der Waals surface area contributed by atoms with Crippen molar-refractivity contribution >= 4 is 43.5 Å². The highest BCUT2D eigenvalue weighted by atomic mass is 79.9. The first-order valence-corrected chi connectivity index (χ1v) is 9.19. The van der Waals surface area contributed by atoms with Crippen molar-refractivity contribution in [1.29, 1.82) is 0 Å². The molecular weight excluding hydrogens is 380 g/mol. The first-order chi connectivity index (χ1) is 9.70. The Kier molecular flexibility index (Phi) is 4.97. The smallest absolute Gasteiger partial charge is 0.253 e. The van der Waals surface area contributed by atoms with Crippen molar-refractivity contribution in [2.24, 2.45) is 11.1 Å². The molecule has 0 radical (unpaired) electrons. The molecule has 2 rings (SSSR count). The number of primary sulfonamides is 1. The van der Waals surface area contributed by atoms with Gasteiger partial charge in [0.2, 0.25) is 10.0 Å². The molecule has 0 bridgehead atoms. The lowest BCUT2D eigenvalue weighted by Crippen LogP contribution is -2.34. The minimum absolute atomic E-state index is 0.141. The van der Waals surface area contributed by atoms with Gasteiger partial charge in [-0.2, -0.15) is 0 Å². The Morgan fingerprint density at radius 2 is 2.10 bits per heavy atom. The van der Waals surface area contributed by atoms with Crippen LogP contribution in [0.3, 0.4) is 0 Å². The maximum atomic E-state index is 12.4. The molecule has 21 heavy (non-hydrogen) atoms. The molecule has 0 saturated heterocycles. The first kappa shape index (κ1) is 16.7. The van der Waals surface area contributed by atoms with Crippen LogP contribution >= 0.6 is 27.5 Å². The average Bonchev–Trinajstić information content (AvgIpc) is 2.34. The predicted octanol–water partition coefficient (Wildman–Crippen LogP) is 2.62. The van der Waals surface area contributed by atoms with Gasteiger partial charge in [-0.25, -0.2) is 13.6 Å². The van der Waals surface area contributed by atoms with E-state index in [0.29, 0.717) is 12.5 Å². The summed E-state index contributed by atoms with van der Waals surface area (Å²) < 4.78 is 23.3. The molecule has 1 aromatic carbocycles. The normalized spacial score (nSPS) is 15.6. The molecule has 0 aliphatic heterocycles. The Hall–Kier alpha value is -0.630. The van der Waals surface area contributed by atoms with Gasteiger partial charge in [0.15, 0.2) is 0 Å². The molecule has 1 saturated carbocycles. The summed E-state index contributed by atoms with van der Waals surface area (Å²) in [5, 5.41) is 5.28. The van der Waals surface area contributed by atoms with E-state index in [9.17, 15) is 13.2 Å². The van der Waals surface area contributed by atoms with Crippen LogP contribution in [0.2, 0.25) is 5.02 Å². The zero-order chi connectivity index (χ0) is 15.8. The fourth-order valence-corrected chi connectivity index (χ4v) is 4.09. The van der Waals surface area contributed by atoms with Crippen LogP contribution in [0.1, 0.15) is 29.6 Å². The summed E-state index contributed by atoms with van der Waals surface area (Å²) in [6.07, 6.45) is 3.45. The van der Waals surface area contributed by atoms with E-state index in [4.69, 9.17) is 16.7 Å². The van der Waals surface area contributed by atoms with Crippen LogP contribution in [0, 0.1) is 5.92 Å². The number of rotatable bonds is 4. The molecular formula is C13H16BrClN2O3S. The quantitative estimate of drug-likeness (QED) is 0.851. The Balaban J connectivity index is 2.30. The zero-order valence-corrected chi connectivity index (χ0v) is 14.6. The number of hydrogen-bond acceptors (Lipinski definition) is 3. The van der Waals surface area contributed by atoms with E-state index in [2.05, 4.69) is 15.9 Å². The zero-order valence-electron chi connectivity index (χ0n) is 11.5. The number of benzene rings is 1. The molecule has 0 unspecified atom stereocenters. The summed E-state index contributed by atoms with van der Waals surface area (Å²) in [4.78, 5) is 13.8. The highest BCUT2D eigenvalue weighted by Gasteiger charge is 2.24. The highest BCUT2D eigenvalue weighted by molar-refractivity contribution is 9.10. The van der Waals surface area contributed by atoms with Gasteiger partial charge in [0, 0.05) is 19.2 Å². The fraction of sp³-hybridized carbons (Fsp3) is 0.462. The van der Waals surface area contributed by atoms with Crippen LogP contribution in [0.4, 0.5) is 0 Å². The Labute approximate surface area is 137 Å². The molecule has 116 valence electrons. The van der Waals surface area contributed by atoms with E-state index in [1.807, 2.05) is 0 Å². The largest absolute Gasteiger partial charge is 0.341 e. The third-order valence-electron chi connectivity index (χ3n) is 3.65.